The molecule has 0 aromatic rings. The molecule has 0 atom stereocenters. The summed E-state index contributed by atoms with van der Waals surface area (Å²) in [6, 6.07) is 0. The van der Waals surface area contributed by atoms with Crippen molar-refractivity contribution in [3.8, 4) is 0 Å². The van der Waals surface area contributed by atoms with E-state index in [-0.39, 0.29) is 151 Å². The Balaban J connectivity index is 0. The van der Waals surface area contributed by atoms with Gasteiger partial charge in [-0.15, -0.1) is 0 Å². The van der Waals surface area contributed by atoms with E-state index in [2.05, 4.69) is 0 Å². The van der Waals surface area contributed by atoms with Crippen LogP contribution in [0.1, 0.15) is 0 Å². The van der Waals surface area contributed by atoms with Crippen molar-refractivity contribution in [2.24, 2.45) is 0 Å². The molecule has 0 aliphatic rings. The summed E-state index contributed by atoms with van der Waals surface area (Å²) >= 11 is 0. The Hall–Kier alpha value is 4.78. The Morgan fingerprint density at radius 1 is 0.125 bits per heavy atom. The Morgan fingerprint density at radius 2 is 0.125 bits per heavy atom. The monoisotopic (exact) mass is 56.1 g/mol. The molecule has 0 saturated carbocycles. The molecule has 0 amide bonds. The maximum absolute atomic E-state index is 0. The van der Waals surface area contributed by atoms with E-state index in [4.69, 9.17) is 0 Å². The summed E-state index contributed by atoms with van der Waals surface area (Å²) < 4.78 is 0. The predicted octanol–water partition coefficient (Wildman–Crippen LogP) is -3.05. The molecule has 0 spiro atoms. The fourth-order valence-electron chi connectivity index (χ4n) is 0. The van der Waals surface area contributed by atoms with Crippen molar-refractivity contribution >= 4 is 151 Å². The first kappa shape index (κ1) is 77.6. The molecule has 0 bridgehead atoms. The smallest absolute Gasteiger partial charge is 0 e. The van der Waals surface area contributed by atoms with Gasteiger partial charge in [-0.2, -0.15) is 0 Å². The van der Waals surface area contributed by atoms with E-state index in [0.717, 1.165) is 0 Å². The van der Waals surface area contributed by atoms with Crippen LogP contribution in [0.4, 0.5) is 0 Å². The van der Waals surface area contributed by atoms with Gasteiger partial charge < -0.3 is 0 Å². The maximum atomic E-state index is 0. The topological polar surface area (TPSA) is 0 Å². The molecule has 0 aromatic heterocycles. The average Bonchev–Trinajstić information content (AvgIpc) is 0. The van der Waals surface area contributed by atoms with Crippen LogP contribution in [-0.4, -0.2) is 151 Å². The number of rotatable bonds is 0. The van der Waals surface area contributed by atoms with Crippen LogP contribution in [0.3, 0.4) is 0 Å². The molecule has 0 N–H and O–H groups in total. The largest absolute Gasteiger partial charge is 0 e. The molecule has 0 unspecified atom stereocenters. The SMILES string of the molecule is [Li].[Li].[Li].[Li].[Li].[Li].[Li].[Li]. The van der Waals surface area contributed by atoms with Gasteiger partial charge in [0.1, 0.15) is 0 Å². The van der Waals surface area contributed by atoms with Gasteiger partial charge in [-0.05, 0) is 0 Å². The summed E-state index contributed by atoms with van der Waals surface area (Å²) in [5, 5.41) is 0. The van der Waals surface area contributed by atoms with Crippen molar-refractivity contribution in [3.63, 3.8) is 0 Å². The van der Waals surface area contributed by atoms with Crippen molar-refractivity contribution in [2.45, 2.75) is 0 Å². The normalized spacial score (nSPS) is 0. The molecule has 0 aliphatic carbocycles. The maximum Gasteiger partial charge on any atom is 0 e. The zero-order chi connectivity index (χ0) is 0. The second-order valence-corrected chi connectivity index (χ2v) is 0. The van der Waals surface area contributed by atoms with Gasteiger partial charge in [0.25, 0.3) is 0 Å². The number of hydrogen-bond donors (Lipinski definition) is 0. The molecule has 0 saturated heterocycles. The third-order valence-electron chi connectivity index (χ3n) is 0. The van der Waals surface area contributed by atoms with Crippen LogP contribution in [0.25, 0.3) is 0 Å². The van der Waals surface area contributed by atoms with Gasteiger partial charge in [0, 0.05) is 151 Å². The second kappa shape index (κ2) is 59.9. The van der Waals surface area contributed by atoms with E-state index in [1.807, 2.05) is 0 Å². The Labute approximate surface area is 148 Å². The average molecular weight is 55.5 g/mol. The standard InChI is InChI=1S/8Li. The van der Waals surface area contributed by atoms with Gasteiger partial charge in [-0.3, -0.25) is 0 Å². The Morgan fingerprint density at radius 3 is 0.125 bits per heavy atom. The summed E-state index contributed by atoms with van der Waals surface area (Å²) in [5.41, 5.74) is 0. The molecule has 8 valence electrons. The summed E-state index contributed by atoms with van der Waals surface area (Å²) in [4.78, 5) is 0. The van der Waals surface area contributed by atoms with Crippen LogP contribution in [0.15, 0.2) is 0 Å². The summed E-state index contributed by atoms with van der Waals surface area (Å²) in [5.74, 6) is 0. The molecule has 0 heterocycles. The van der Waals surface area contributed by atoms with Crippen molar-refractivity contribution < 1.29 is 0 Å². The molecular weight excluding hydrogens is 55.5 g/mol. The first-order chi connectivity index (χ1) is 0. The molecule has 8 heteroatoms. The molecule has 0 nitrogen and oxygen atoms in total. The van der Waals surface area contributed by atoms with Crippen LogP contribution in [0.2, 0.25) is 0 Å². The molecule has 0 aromatic carbocycles. The Bertz CT molecular complexity index is 0. The van der Waals surface area contributed by atoms with Crippen LogP contribution in [0.5, 0.6) is 0 Å². The van der Waals surface area contributed by atoms with E-state index < -0.39 is 0 Å². The quantitative estimate of drug-likeness (QED) is 0.258. The van der Waals surface area contributed by atoms with Crippen LogP contribution < -0.4 is 0 Å². The minimum absolute atomic E-state index is 0. The zero-order valence-corrected chi connectivity index (χ0v) is 8.00. The molecule has 8 radical (unpaired) electrons. The minimum Gasteiger partial charge on any atom is 0 e. The van der Waals surface area contributed by atoms with Crippen molar-refractivity contribution in [1.82, 2.24) is 0 Å². The van der Waals surface area contributed by atoms with Crippen LogP contribution in [0, 0.1) is 0 Å². The summed E-state index contributed by atoms with van der Waals surface area (Å²) in [7, 11) is 0. The van der Waals surface area contributed by atoms with Gasteiger partial charge in [-0.1, -0.05) is 0 Å². The third kappa shape index (κ3) is 45.1. The van der Waals surface area contributed by atoms with Gasteiger partial charge in [0.2, 0.25) is 0 Å². The van der Waals surface area contributed by atoms with Gasteiger partial charge in [-0.25, -0.2) is 0 Å². The van der Waals surface area contributed by atoms with Crippen molar-refractivity contribution in [2.75, 3.05) is 0 Å². The molecule has 8 heavy (non-hydrogen) atoms. The number of hydrogen-bond acceptors (Lipinski definition) is 0. The molecular formula is Li8. The summed E-state index contributed by atoms with van der Waals surface area (Å²) in [6.45, 7) is 0. The van der Waals surface area contributed by atoms with Crippen LogP contribution in [-0.2, 0) is 0 Å². The molecule has 0 fully saturated rings. The first-order valence-electron chi connectivity index (χ1n) is 0. The second-order valence-electron chi connectivity index (χ2n) is 0. The van der Waals surface area contributed by atoms with E-state index in [1.54, 1.807) is 0 Å². The van der Waals surface area contributed by atoms with E-state index >= 15 is 0 Å². The van der Waals surface area contributed by atoms with Gasteiger partial charge in [0.15, 0.2) is 0 Å². The van der Waals surface area contributed by atoms with Crippen molar-refractivity contribution in [1.29, 1.82) is 0 Å². The van der Waals surface area contributed by atoms with E-state index in [0.29, 0.717) is 0 Å². The molecule has 0 rings (SSSR count). The third-order valence-corrected chi connectivity index (χ3v) is 0. The fourth-order valence-corrected chi connectivity index (χ4v) is 0. The summed E-state index contributed by atoms with van der Waals surface area (Å²) in [6.07, 6.45) is 0. The van der Waals surface area contributed by atoms with Crippen molar-refractivity contribution in [3.05, 3.63) is 0 Å². The molecule has 0 aliphatic heterocycles. The van der Waals surface area contributed by atoms with E-state index in [1.165, 1.54) is 0 Å². The fraction of sp³-hybridized carbons (Fsp3) is 0. The predicted molar refractivity (Wildman–Crippen MR) is 46.0 cm³/mol. The minimum atomic E-state index is 0. The van der Waals surface area contributed by atoms with Crippen LogP contribution >= 0.6 is 0 Å². The van der Waals surface area contributed by atoms with Gasteiger partial charge >= 0.3 is 0 Å². The van der Waals surface area contributed by atoms with Gasteiger partial charge in [0.05, 0.1) is 0 Å². The van der Waals surface area contributed by atoms with E-state index in [9.17, 15) is 0 Å². The Kier molecular flexibility index (Phi) is 581. The first-order valence-corrected chi connectivity index (χ1v) is 0. The zero-order valence-electron chi connectivity index (χ0n) is 8.00.